The van der Waals surface area contributed by atoms with Crippen molar-refractivity contribution in [3.05, 3.63) is 0 Å². The maximum absolute atomic E-state index is 12.6. The summed E-state index contributed by atoms with van der Waals surface area (Å²) in [5, 5.41) is 6.21. The van der Waals surface area contributed by atoms with Crippen molar-refractivity contribution < 1.29 is 9.59 Å². The van der Waals surface area contributed by atoms with Gasteiger partial charge in [-0.2, -0.15) is 0 Å². The average molecular weight is 437 g/mol. The fourth-order valence-corrected chi connectivity index (χ4v) is 4.79. The van der Waals surface area contributed by atoms with E-state index in [0.29, 0.717) is 0 Å². The normalized spacial score (nSPS) is 18.3. The number of amides is 2. The van der Waals surface area contributed by atoms with Gasteiger partial charge in [0, 0.05) is 24.9 Å². The third-order valence-corrected chi connectivity index (χ3v) is 6.85. The van der Waals surface area contributed by atoms with Gasteiger partial charge in [0.15, 0.2) is 0 Å². The summed E-state index contributed by atoms with van der Waals surface area (Å²) in [6, 6.07) is 0. The molecule has 1 aliphatic carbocycles. The molecule has 2 N–H and O–H groups in total. The molecule has 0 aliphatic heterocycles. The Balaban J connectivity index is 2.07. The fourth-order valence-electron chi connectivity index (χ4n) is 4.79. The summed E-state index contributed by atoms with van der Waals surface area (Å²) in [5.41, 5.74) is 0. The Kier molecular flexibility index (Phi) is 17.7. The Bertz CT molecular complexity index is 413. The summed E-state index contributed by atoms with van der Waals surface area (Å²) in [7, 11) is 0. The number of hydrogen-bond acceptors (Lipinski definition) is 2. The van der Waals surface area contributed by atoms with Crippen LogP contribution in [0, 0.1) is 11.8 Å². The molecule has 0 heterocycles. The molecule has 1 fully saturated rings. The molecule has 0 aromatic carbocycles. The minimum atomic E-state index is -0.118. The minimum Gasteiger partial charge on any atom is -0.356 e. The van der Waals surface area contributed by atoms with Gasteiger partial charge in [0.1, 0.15) is 0 Å². The van der Waals surface area contributed by atoms with E-state index in [4.69, 9.17) is 0 Å². The van der Waals surface area contributed by atoms with E-state index >= 15 is 0 Å². The number of rotatable bonds is 20. The number of unbranched alkanes of at least 4 members (excludes halogenated alkanes) is 14. The summed E-state index contributed by atoms with van der Waals surface area (Å²) in [4.78, 5) is 25.2. The van der Waals surface area contributed by atoms with E-state index < -0.39 is 0 Å². The van der Waals surface area contributed by atoms with E-state index in [-0.39, 0.29) is 23.7 Å². The Morgan fingerprint density at radius 1 is 0.548 bits per heavy atom. The van der Waals surface area contributed by atoms with E-state index in [0.717, 1.165) is 45.2 Å². The maximum Gasteiger partial charge on any atom is 0.223 e. The van der Waals surface area contributed by atoms with E-state index in [1.54, 1.807) is 0 Å². The van der Waals surface area contributed by atoms with Crippen molar-refractivity contribution >= 4 is 11.8 Å². The van der Waals surface area contributed by atoms with Crippen molar-refractivity contribution in [1.29, 1.82) is 0 Å². The first-order valence-corrected chi connectivity index (χ1v) is 13.8. The van der Waals surface area contributed by atoms with Crippen LogP contribution in [0.5, 0.6) is 0 Å². The van der Waals surface area contributed by atoms with Gasteiger partial charge in [0.05, 0.1) is 0 Å². The number of carbonyl (C=O) groups excluding carboxylic acids is 2. The molecule has 0 spiro atoms. The number of hydrogen-bond donors (Lipinski definition) is 2. The van der Waals surface area contributed by atoms with E-state index in [2.05, 4.69) is 24.5 Å². The molecule has 4 nitrogen and oxygen atoms in total. The van der Waals surface area contributed by atoms with Crippen molar-refractivity contribution in [2.75, 3.05) is 13.1 Å². The molecule has 2 atom stereocenters. The lowest BCUT2D eigenvalue weighted by Crippen LogP contribution is -2.40. The van der Waals surface area contributed by atoms with Crippen molar-refractivity contribution in [3.8, 4) is 0 Å². The smallest absolute Gasteiger partial charge is 0.223 e. The van der Waals surface area contributed by atoms with Crippen LogP contribution >= 0.6 is 0 Å². The largest absolute Gasteiger partial charge is 0.356 e. The second kappa shape index (κ2) is 19.6. The predicted molar refractivity (Wildman–Crippen MR) is 132 cm³/mol. The summed E-state index contributed by atoms with van der Waals surface area (Å²) in [5.74, 6) is -0.0273. The van der Waals surface area contributed by atoms with Crippen LogP contribution in [-0.4, -0.2) is 24.9 Å². The zero-order valence-electron chi connectivity index (χ0n) is 20.8. The molecule has 0 saturated heterocycles. The third kappa shape index (κ3) is 13.9. The molecule has 0 unspecified atom stereocenters. The van der Waals surface area contributed by atoms with Gasteiger partial charge in [0.25, 0.3) is 0 Å². The average Bonchev–Trinajstić information content (AvgIpc) is 3.27. The number of carbonyl (C=O) groups is 2. The fraction of sp³-hybridized carbons (Fsp3) is 0.926. The minimum absolute atomic E-state index is 0.104. The van der Waals surface area contributed by atoms with Crippen LogP contribution in [0.15, 0.2) is 0 Å². The molecule has 1 saturated carbocycles. The van der Waals surface area contributed by atoms with Crippen LogP contribution in [0.1, 0.15) is 136 Å². The molecule has 2 amide bonds. The lowest BCUT2D eigenvalue weighted by molar-refractivity contribution is -0.133. The topological polar surface area (TPSA) is 58.2 Å². The van der Waals surface area contributed by atoms with Crippen molar-refractivity contribution in [3.63, 3.8) is 0 Å². The molecule has 0 radical (unpaired) electrons. The standard InChI is InChI=1S/C27H52N2O2/c1-3-5-7-9-11-13-15-17-22-28-26(30)24-20-19-21-25(24)27(31)29-23-18-16-14-12-10-8-6-4-2/h24-25H,3-23H2,1-2H3,(H,28,30)(H,29,31)/t24-,25-/m1/s1. The zero-order chi connectivity index (χ0) is 22.6. The lowest BCUT2D eigenvalue weighted by Gasteiger charge is -2.19. The highest BCUT2D eigenvalue weighted by Crippen LogP contribution is 2.32. The van der Waals surface area contributed by atoms with Gasteiger partial charge in [-0.25, -0.2) is 0 Å². The first-order valence-electron chi connectivity index (χ1n) is 13.8. The highest BCUT2D eigenvalue weighted by Gasteiger charge is 2.37. The molecule has 1 rings (SSSR count). The molecular weight excluding hydrogens is 384 g/mol. The zero-order valence-corrected chi connectivity index (χ0v) is 20.8. The summed E-state index contributed by atoms with van der Waals surface area (Å²) >= 11 is 0. The van der Waals surface area contributed by atoms with Gasteiger partial charge >= 0.3 is 0 Å². The van der Waals surface area contributed by atoms with Gasteiger partial charge in [0.2, 0.25) is 11.8 Å². The molecule has 0 bridgehead atoms. The number of nitrogens with one attached hydrogen (secondary N) is 2. The molecular formula is C27H52N2O2. The van der Waals surface area contributed by atoms with Gasteiger partial charge in [-0.05, 0) is 25.7 Å². The van der Waals surface area contributed by atoms with Gasteiger partial charge in [-0.1, -0.05) is 110 Å². The van der Waals surface area contributed by atoms with E-state index in [1.807, 2.05) is 0 Å². The molecule has 1 aliphatic rings. The molecule has 182 valence electrons. The monoisotopic (exact) mass is 436 g/mol. The second-order valence-electron chi connectivity index (χ2n) is 9.68. The van der Waals surface area contributed by atoms with Crippen LogP contribution in [-0.2, 0) is 9.59 Å². The summed E-state index contributed by atoms with van der Waals surface area (Å²) < 4.78 is 0. The van der Waals surface area contributed by atoms with Gasteiger partial charge < -0.3 is 10.6 Å². The van der Waals surface area contributed by atoms with Crippen LogP contribution < -0.4 is 10.6 Å². The third-order valence-electron chi connectivity index (χ3n) is 6.85. The van der Waals surface area contributed by atoms with E-state index in [1.165, 1.54) is 89.9 Å². The Morgan fingerprint density at radius 2 is 0.871 bits per heavy atom. The first-order chi connectivity index (χ1) is 15.2. The van der Waals surface area contributed by atoms with Crippen molar-refractivity contribution in [2.45, 2.75) is 136 Å². The van der Waals surface area contributed by atoms with Gasteiger partial charge in [-0.15, -0.1) is 0 Å². The quantitative estimate of drug-likeness (QED) is 0.204. The Hall–Kier alpha value is -1.06. The summed E-state index contributed by atoms with van der Waals surface area (Å²) in [6.07, 6.45) is 23.1. The highest BCUT2D eigenvalue weighted by molar-refractivity contribution is 5.88. The van der Waals surface area contributed by atoms with Crippen LogP contribution in [0.3, 0.4) is 0 Å². The predicted octanol–water partition coefficient (Wildman–Crippen LogP) is 6.92. The molecule has 4 heteroatoms. The van der Waals surface area contributed by atoms with Crippen LogP contribution in [0.25, 0.3) is 0 Å². The second-order valence-corrected chi connectivity index (χ2v) is 9.68. The molecule has 0 aromatic rings. The van der Waals surface area contributed by atoms with Crippen molar-refractivity contribution in [1.82, 2.24) is 10.6 Å². The first kappa shape index (κ1) is 28.0. The molecule has 0 aromatic heterocycles. The Labute approximate surface area is 193 Å². The SMILES string of the molecule is CCCCCCCCCCNC(=O)[C@@H]1CCC[C@H]1C(=O)NCCCCCCCCCC. The summed E-state index contributed by atoms with van der Waals surface area (Å²) in [6.45, 7) is 6.02. The van der Waals surface area contributed by atoms with Crippen molar-refractivity contribution in [2.24, 2.45) is 11.8 Å². The Morgan fingerprint density at radius 3 is 1.23 bits per heavy atom. The van der Waals surface area contributed by atoms with Crippen LogP contribution in [0.2, 0.25) is 0 Å². The maximum atomic E-state index is 12.6. The lowest BCUT2D eigenvalue weighted by atomic mass is 9.94. The van der Waals surface area contributed by atoms with Crippen LogP contribution in [0.4, 0.5) is 0 Å². The van der Waals surface area contributed by atoms with Gasteiger partial charge in [-0.3, -0.25) is 9.59 Å². The van der Waals surface area contributed by atoms with E-state index in [9.17, 15) is 9.59 Å². The highest BCUT2D eigenvalue weighted by atomic mass is 16.2. The molecule has 31 heavy (non-hydrogen) atoms.